The third-order valence-corrected chi connectivity index (χ3v) is 3.62. The first-order chi connectivity index (χ1) is 9.62. The predicted molar refractivity (Wildman–Crippen MR) is 77.0 cm³/mol. The molecule has 1 aliphatic rings. The Hall–Kier alpha value is -1.75. The van der Waals surface area contributed by atoms with Gasteiger partial charge in [-0.05, 0) is 30.5 Å². The molecule has 0 radical (unpaired) electrons. The lowest BCUT2D eigenvalue weighted by Crippen LogP contribution is -2.31. The van der Waals surface area contributed by atoms with Gasteiger partial charge in [0.1, 0.15) is 11.5 Å². The highest BCUT2D eigenvalue weighted by Gasteiger charge is 2.23. The Morgan fingerprint density at radius 2 is 1.95 bits per heavy atom. The van der Waals surface area contributed by atoms with Gasteiger partial charge in [0.15, 0.2) is 0 Å². The van der Waals surface area contributed by atoms with E-state index in [1.807, 2.05) is 23.1 Å². The molecule has 1 aromatic rings. The summed E-state index contributed by atoms with van der Waals surface area (Å²) in [6.07, 6.45) is 2.07. The molecule has 0 bridgehead atoms. The normalized spacial score (nSPS) is 18.1. The molecule has 0 aromatic heterocycles. The Labute approximate surface area is 119 Å². The van der Waals surface area contributed by atoms with Gasteiger partial charge in [-0.2, -0.15) is 0 Å². The maximum atomic E-state index is 12.1. The van der Waals surface area contributed by atoms with Crippen LogP contribution in [0, 0.1) is 0 Å². The van der Waals surface area contributed by atoms with Crippen LogP contribution in [0.5, 0.6) is 11.5 Å². The summed E-state index contributed by atoms with van der Waals surface area (Å²) in [6, 6.07) is 5.83. The fourth-order valence-corrected chi connectivity index (χ4v) is 2.43. The molecule has 20 heavy (non-hydrogen) atoms. The van der Waals surface area contributed by atoms with Gasteiger partial charge in [-0.25, -0.2) is 0 Å². The standard InChI is InChI=1S/C15H22N2O3/c1-19-13-7-11(8-14(9-13)20-2)3-4-15(18)17-6-5-12(16)10-17/h7-9,12H,3-6,10,16H2,1-2H3/t12-/m1/s1. The van der Waals surface area contributed by atoms with Crippen molar-refractivity contribution < 1.29 is 14.3 Å². The van der Waals surface area contributed by atoms with Crippen molar-refractivity contribution in [2.45, 2.75) is 25.3 Å². The second-order valence-electron chi connectivity index (χ2n) is 5.11. The van der Waals surface area contributed by atoms with Crippen molar-refractivity contribution in [3.8, 4) is 11.5 Å². The number of rotatable bonds is 5. The van der Waals surface area contributed by atoms with Gasteiger partial charge in [0, 0.05) is 31.6 Å². The van der Waals surface area contributed by atoms with Crippen molar-refractivity contribution >= 4 is 5.91 Å². The second-order valence-corrected chi connectivity index (χ2v) is 5.11. The Kier molecular flexibility index (Phi) is 4.84. The van der Waals surface area contributed by atoms with E-state index in [0.29, 0.717) is 19.4 Å². The maximum Gasteiger partial charge on any atom is 0.222 e. The Bertz CT molecular complexity index is 454. The van der Waals surface area contributed by atoms with Gasteiger partial charge in [-0.1, -0.05) is 0 Å². The lowest BCUT2D eigenvalue weighted by atomic mass is 10.1. The van der Waals surface area contributed by atoms with E-state index in [4.69, 9.17) is 15.2 Å². The van der Waals surface area contributed by atoms with Crippen LogP contribution in [0.4, 0.5) is 0 Å². The van der Waals surface area contributed by atoms with Crippen molar-refractivity contribution in [1.82, 2.24) is 4.90 Å². The molecule has 1 aromatic carbocycles. The number of likely N-dealkylation sites (tertiary alicyclic amines) is 1. The van der Waals surface area contributed by atoms with Crippen LogP contribution in [0.1, 0.15) is 18.4 Å². The molecule has 5 heteroatoms. The van der Waals surface area contributed by atoms with E-state index in [2.05, 4.69) is 0 Å². The third-order valence-electron chi connectivity index (χ3n) is 3.62. The molecule has 0 spiro atoms. The number of amides is 1. The first kappa shape index (κ1) is 14.7. The molecule has 110 valence electrons. The second kappa shape index (κ2) is 6.61. The van der Waals surface area contributed by atoms with Crippen LogP contribution in [0.15, 0.2) is 18.2 Å². The number of carbonyl (C=O) groups is 1. The van der Waals surface area contributed by atoms with Crippen molar-refractivity contribution in [2.75, 3.05) is 27.3 Å². The van der Waals surface area contributed by atoms with Crippen molar-refractivity contribution in [2.24, 2.45) is 5.73 Å². The van der Waals surface area contributed by atoms with Crippen molar-refractivity contribution in [3.05, 3.63) is 23.8 Å². The van der Waals surface area contributed by atoms with Crippen LogP contribution in [0.25, 0.3) is 0 Å². The van der Waals surface area contributed by atoms with E-state index in [1.54, 1.807) is 14.2 Å². The number of aryl methyl sites for hydroxylation is 1. The summed E-state index contributed by atoms with van der Waals surface area (Å²) in [5, 5.41) is 0. The smallest absolute Gasteiger partial charge is 0.222 e. The zero-order valence-electron chi connectivity index (χ0n) is 12.1. The predicted octanol–water partition coefficient (Wildman–Crippen LogP) is 1.20. The first-order valence-corrected chi connectivity index (χ1v) is 6.87. The Balaban J connectivity index is 1.94. The van der Waals surface area contributed by atoms with Crippen LogP contribution in [-0.4, -0.2) is 44.2 Å². The number of ether oxygens (including phenoxy) is 2. The molecule has 0 aliphatic carbocycles. The van der Waals surface area contributed by atoms with E-state index in [1.165, 1.54) is 0 Å². The lowest BCUT2D eigenvalue weighted by Gasteiger charge is -2.16. The molecule has 0 unspecified atom stereocenters. The van der Waals surface area contributed by atoms with Crippen LogP contribution < -0.4 is 15.2 Å². The average Bonchev–Trinajstić information content (AvgIpc) is 2.91. The molecule has 1 fully saturated rings. The van der Waals surface area contributed by atoms with Crippen LogP contribution in [0.2, 0.25) is 0 Å². The van der Waals surface area contributed by atoms with Crippen LogP contribution >= 0.6 is 0 Å². The number of carbonyl (C=O) groups excluding carboxylic acids is 1. The highest BCUT2D eigenvalue weighted by Crippen LogP contribution is 2.23. The molecule has 2 rings (SSSR count). The molecule has 5 nitrogen and oxygen atoms in total. The highest BCUT2D eigenvalue weighted by atomic mass is 16.5. The molecule has 1 aliphatic heterocycles. The summed E-state index contributed by atoms with van der Waals surface area (Å²) in [6.45, 7) is 1.46. The topological polar surface area (TPSA) is 64.8 Å². The van der Waals surface area contributed by atoms with Crippen LogP contribution in [-0.2, 0) is 11.2 Å². The summed E-state index contributed by atoms with van der Waals surface area (Å²) in [4.78, 5) is 13.9. The number of nitrogens with two attached hydrogens (primary N) is 1. The lowest BCUT2D eigenvalue weighted by molar-refractivity contribution is -0.130. The number of nitrogens with zero attached hydrogens (tertiary/aromatic N) is 1. The average molecular weight is 278 g/mol. The minimum Gasteiger partial charge on any atom is -0.497 e. The molecular weight excluding hydrogens is 256 g/mol. The quantitative estimate of drug-likeness (QED) is 0.879. The van der Waals surface area contributed by atoms with Gasteiger partial charge in [0.2, 0.25) is 5.91 Å². The van der Waals surface area contributed by atoms with Crippen molar-refractivity contribution in [1.29, 1.82) is 0 Å². The van der Waals surface area contributed by atoms with E-state index in [0.717, 1.165) is 30.0 Å². The molecular formula is C15H22N2O3. The SMILES string of the molecule is COc1cc(CCC(=O)N2CC[C@@H](N)C2)cc(OC)c1. The zero-order chi connectivity index (χ0) is 14.5. The molecule has 1 heterocycles. The monoisotopic (exact) mass is 278 g/mol. The van der Waals surface area contributed by atoms with Crippen LogP contribution in [0.3, 0.4) is 0 Å². The van der Waals surface area contributed by atoms with Gasteiger partial charge in [0.05, 0.1) is 14.2 Å². The largest absolute Gasteiger partial charge is 0.497 e. The zero-order valence-corrected chi connectivity index (χ0v) is 12.1. The number of methoxy groups -OCH3 is 2. The molecule has 1 atom stereocenters. The van der Waals surface area contributed by atoms with E-state index < -0.39 is 0 Å². The first-order valence-electron chi connectivity index (χ1n) is 6.87. The number of benzene rings is 1. The van der Waals surface area contributed by atoms with Gasteiger partial charge in [-0.15, -0.1) is 0 Å². The van der Waals surface area contributed by atoms with Gasteiger partial charge in [-0.3, -0.25) is 4.79 Å². The number of hydrogen-bond donors (Lipinski definition) is 1. The van der Waals surface area contributed by atoms with Crippen molar-refractivity contribution in [3.63, 3.8) is 0 Å². The van der Waals surface area contributed by atoms with Gasteiger partial charge >= 0.3 is 0 Å². The van der Waals surface area contributed by atoms with Gasteiger partial charge < -0.3 is 20.1 Å². The Morgan fingerprint density at radius 1 is 1.30 bits per heavy atom. The van der Waals surface area contributed by atoms with E-state index in [9.17, 15) is 4.79 Å². The minimum absolute atomic E-state index is 0.135. The van der Waals surface area contributed by atoms with E-state index in [-0.39, 0.29) is 11.9 Å². The van der Waals surface area contributed by atoms with E-state index >= 15 is 0 Å². The Morgan fingerprint density at radius 3 is 2.45 bits per heavy atom. The fourth-order valence-electron chi connectivity index (χ4n) is 2.43. The summed E-state index contributed by atoms with van der Waals surface area (Å²) in [5.74, 6) is 1.66. The third kappa shape index (κ3) is 3.63. The maximum absolute atomic E-state index is 12.1. The summed E-state index contributed by atoms with van der Waals surface area (Å²) < 4.78 is 10.5. The highest BCUT2D eigenvalue weighted by molar-refractivity contribution is 5.76. The molecule has 0 saturated carbocycles. The van der Waals surface area contributed by atoms with Gasteiger partial charge in [0.25, 0.3) is 0 Å². The minimum atomic E-state index is 0.135. The summed E-state index contributed by atoms with van der Waals surface area (Å²) in [7, 11) is 3.24. The molecule has 1 saturated heterocycles. The fraction of sp³-hybridized carbons (Fsp3) is 0.533. The molecule has 2 N–H and O–H groups in total. The summed E-state index contributed by atoms with van der Waals surface area (Å²) in [5.41, 5.74) is 6.86. The number of hydrogen-bond acceptors (Lipinski definition) is 4. The molecule has 1 amide bonds. The summed E-state index contributed by atoms with van der Waals surface area (Å²) >= 11 is 0.